The molecule has 5 heteroatoms. The summed E-state index contributed by atoms with van der Waals surface area (Å²) in [5.41, 5.74) is 0.0811. The minimum atomic E-state index is -2.18. The molecule has 29 heavy (non-hydrogen) atoms. The van der Waals surface area contributed by atoms with E-state index in [1.807, 2.05) is 12.3 Å². The maximum absolute atomic E-state index is 13.2. The number of hydrogen-bond acceptors (Lipinski definition) is 2. The monoisotopic (exact) mass is 406 g/mol. The second-order valence-corrected chi connectivity index (χ2v) is 10.2. The molecule has 3 aliphatic rings. The fourth-order valence-electron chi connectivity index (χ4n) is 7.73. The third kappa shape index (κ3) is 3.90. The molecule has 1 heterocycles. The second-order valence-electron chi connectivity index (χ2n) is 10.2. The highest BCUT2D eigenvalue weighted by atomic mass is 19.3. The normalized spacial score (nSPS) is 39.3. The first-order valence-electron chi connectivity index (χ1n) is 11.7. The van der Waals surface area contributed by atoms with Gasteiger partial charge in [0, 0.05) is 24.7 Å². The van der Waals surface area contributed by atoms with Crippen molar-refractivity contribution in [2.75, 3.05) is 0 Å². The van der Waals surface area contributed by atoms with E-state index in [-0.39, 0.29) is 23.7 Å². The molecule has 0 aromatic carbocycles. The summed E-state index contributed by atoms with van der Waals surface area (Å²) in [5, 5.41) is 4.22. The molecule has 0 N–H and O–H groups in total. The van der Waals surface area contributed by atoms with Crippen molar-refractivity contribution in [3.63, 3.8) is 0 Å². The van der Waals surface area contributed by atoms with E-state index in [0.717, 1.165) is 51.4 Å². The van der Waals surface area contributed by atoms with Crippen LogP contribution in [0.3, 0.4) is 0 Å². The van der Waals surface area contributed by atoms with Crippen LogP contribution in [-0.4, -0.2) is 22.0 Å². The molecule has 4 rings (SSSR count). The Kier molecular flexibility index (Phi) is 6.13. The highest BCUT2D eigenvalue weighted by Gasteiger charge is 2.57. The molecule has 7 atom stereocenters. The third-order valence-corrected chi connectivity index (χ3v) is 8.89. The fourth-order valence-corrected chi connectivity index (χ4v) is 7.73. The van der Waals surface area contributed by atoms with Crippen molar-refractivity contribution >= 4 is 5.78 Å². The number of rotatable bonds is 7. The van der Waals surface area contributed by atoms with Crippen LogP contribution >= 0.6 is 0 Å². The van der Waals surface area contributed by atoms with Gasteiger partial charge in [-0.25, -0.2) is 8.78 Å². The van der Waals surface area contributed by atoms with Gasteiger partial charge in [-0.2, -0.15) is 5.10 Å². The van der Waals surface area contributed by atoms with Gasteiger partial charge in [0.05, 0.1) is 6.54 Å². The lowest BCUT2D eigenvalue weighted by molar-refractivity contribution is -0.131. The number of carbonyl (C=O) groups excluding carboxylic acids is 1. The quantitative estimate of drug-likeness (QED) is 0.557. The van der Waals surface area contributed by atoms with E-state index < -0.39 is 6.43 Å². The van der Waals surface area contributed by atoms with Crippen LogP contribution in [0.15, 0.2) is 18.5 Å². The molecular formula is C24H36F2N2O. The summed E-state index contributed by atoms with van der Waals surface area (Å²) in [5.74, 6) is 2.90. The Balaban J connectivity index is 1.50. The molecular weight excluding hydrogens is 370 g/mol. The minimum absolute atomic E-state index is 0.0811. The lowest BCUT2D eigenvalue weighted by Crippen LogP contribution is -2.48. The van der Waals surface area contributed by atoms with E-state index in [4.69, 9.17) is 0 Å². The number of Topliss-reactive ketones (excluding diaryl/α,β-unsaturated/α-hetero) is 1. The number of hydrogen-bond donors (Lipinski definition) is 0. The van der Waals surface area contributed by atoms with Gasteiger partial charge in [-0.1, -0.05) is 26.7 Å². The number of nitrogens with zero attached hydrogens (tertiary/aromatic N) is 2. The van der Waals surface area contributed by atoms with Crippen molar-refractivity contribution in [2.45, 2.75) is 84.6 Å². The lowest BCUT2D eigenvalue weighted by Gasteiger charge is -2.54. The number of ketones is 1. The number of alkyl halides is 2. The van der Waals surface area contributed by atoms with Crippen molar-refractivity contribution in [3.05, 3.63) is 18.5 Å². The lowest BCUT2D eigenvalue weighted by atomic mass is 9.50. The van der Waals surface area contributed by atoms with Crippen molar-refractivity contribution in [3.8, 4) is 0 Å². The smallest absolute Gasteiger partial charge is 0.238 e. The Labute approximate surface area is 173 Å². The highest BCUT2D eigenvalue weighted by Crippen LogP contribution is 2.63. The summed E-state index contributed by atoms with van der Waals surface area (Å²) in [7, 11) is 0. The summed E-state index contributed by atoms with van der Waals surface area (Å²) in [6.45, 7) is 4.92. The van der Waals surface area contributed by atoms with Gasteiger partial charge >= 0.3 is 0 Å². The SMILES string of the molecule is CCCC1C(CC(F)F)CCC2C1CCC1(C)C(C(=O)Cn3cccn3)CCC21. The second kappa shape index (κ2) is 8.47. The molecule has 0 bridgehead atoms. The van der Waals surface area contributed by atoms with E-state index in [2.05, 4.69) is 18.9 Å². The number of halogens is 2. The number of carbonyl (C=O) groups is 1. The molecule has 7 unspecified atom stereocenters. The molecule has 0 spiro atoms. The van der Waals surface area contributed by atoms with Gasteiger partial charge < -0.3 is 0 Å². The molecule has 3 aliphatic carbocycles. The third-order valence-electron chi connectivity index (χ3n) is 8.89. The first kappa shape index (κ1) is 21.0. The van der Waals surface area contributed by atoms with Crippen molar-refractivity contribution < 1.29 is 13.6 Å². The van der Waals surface area contributed by atoms with Crippen molar-refractivity contribution in [2.24, 2.45) is 40.9 Å². The minimum Gasteiger partial charge on any atom is -0.297 e. The molecule has 1 aromatic heterocycles. The number of fused-ring (bicyclic) bond motifs is 3. The van der Waals surface area contributed by atoms with Crippen molar-refractivity contribution in [1.82, 2.24) is 9.78 Å². The summed E-state index contributed by atoms with van der Waals surface area (Å²) in [6, 6.07) is 1.86. The standard InChI is InChI=1S/C24H36F2N2O/c1-3-5-17-16(14-23(25)26)6-7-19-18(17)10-11-24(2)20(19)8-9-21(24)22(29)15-28-13-4-12-27-28/h4,12-13,16-21,23H,3,5-11,14-15H2,1-2H3. The van der Waals surface area contributed by atoms with Crippen molar-refractivity contribution in [1.29, 1.82) is 0 Å². The summed E-state index contributed by atoms with van der Waals surface area (Å²) in [6.07, 6.45) is 10.0. The topological polar surface area (TPSA) is 34.9 Å². The van der Waals surface area contributed by atoms with Crippen LogP contribution in [0.4, 0.5) is 8.78 Å². The summed E-state index contributed by atoms with van der Waals surface area (Å²) >= 11 is 0. The first-order valence-corrected chi connectivity index (χ1v) is 11.7. The molecule has 3 nitrogen and oxygen atoms in total. The van der Waals surface area contributed by atoms with E-state index >= 15 is 0 Å². The molecule has 0 aliphatic heterocycles. The van der Waals surface area contributed by atoms with Gasteiger partial charge in [-0.05, 0) is 79.6 Å². The predicted molar refractivity (Wildman–Crippen MR) is 110 cm³/mol. The molecule has 1 aromatic rings. The van der Waals surface area contributed by atoms with Gasteiger partial charge in [-0.3, -0.25) is 9.48 Å². The molecule has 3 fully saturated rings. The average Bonchev–Trinajstić information content (AvgIpc) is 3.30. The van der Waals surface area contributed by atoms with Crippen LogP contribution in [0.1, 0.15) is 71.6 Å². The van der Waals surface area contributed by atoms with Gasteiger partial charge in [0.2, 0.25) is 6.43 Å². The van der Waals surface area contributed by atoms with E-state index in [9.17, 15) is 13.6 Å². The van der Waals surface area contributed by atoms with Crippen LogP contribution in [0.25, 0.3) is 0 Å². The van der Waals surface area contributed by atoms with E-state index in [0.29, 0.717) is 36.0 Å². The van der Waals surface area contributed by atoms with Crippen LogP contribution in [0, 0.1) is 40.9 Å². The molecule has 162 valence electrons. The van der Waals surface area contributed by atoms with E-state index in [1.54, 1.807) is 10.9 Å². The van der Waals surface area contributed by atoms with Crippen LogP contribution in [0.2, 0.25) is 0 Å². The molecule has 0 amide bonds. The Bertz CT molecular complexity index is 691. The molecule has 3 saturated carbocycles. The van der Waals surface area contributed by atoms with Crippen LogP contribution in [-0.2, 0) is 11.3 Å². The Hall–Kier alpha value is -1.26. The molecule has 0 saturated heterocycles. The summed E-state index contributed by atoms with van der Waals surface area (Å²) < 4.78 is 28.1. The van der Waals surface area contributed by atoms with Crippen LogP contribution in [0.5, 0.6) is 0 Å². The Morgan fingerprint density at radius 2 is 2.03 bits per heavy atom. The Morgan fingerprint density at radius 3 is 2.72 bits per heavy atom. The van der Waals surface area contributed by atoms with Gasteiger partial charge in [0.25, 0.3) is 0 Å². The first-order chi connectivity index (χ1) is 13.9. The predicted octanol–water partition coefficient (Wildman–Crippen LogP) is 5.99. The highest BCUT2D eigenvalue weighted by molar-refractivity contribution is 5.82. The zero-order valence-electron chi connectivity index (χ0n) is 17.9. The average molecular weight is 407 g/mol. The summed E-state index contributed by atoms with van der Waals surface area (Å²) in [4.78, 5) is 13.1. The van der Waals surface area contributed by atoms with Gasteiger partial charge in [0.1, 0.15) is 0 Å². The van der Waals surface area contributed by atoms with Crippen LogP contribution < -0.4 is 0 Å². The van der Waals surface area contributed by atoms with Gasteiger partial charge in [0.15, 0.2) is 5.78 Å². The Morgan fingerprint density at radius 1 is 1.21 bits per heavy atom. The fraction of sp³-hybridized carbons (Fsp3) is 0.833. The van der Waals surface area contributed by atoms with E-state index in [1.165, 1.54) is 0 Å². The maximum atomic E-state index is 13.2. The zero-order chi connectivity index (χ0) is 20.6. The number of aromatic nitrogens is 2. The molecule has 0 radical (unpaired) electrons. The largest absolute Gasteiger partial charge is 0.297 e. The van der Waals surface area contributed by atoms with Gasteiger partial charge in [-0.15, -0.1) is 0 Å². The maximum Gasteiger partial charge on any atom is 0.238 e. The zero-order valence-corrected chi connectivity index (χ0v) is 17.9.